The van der Waals surface area contributed by atoms with Gasteiger partial charge in [-0.05, 0) is 48.7 Å². The molecule has 0 bridgehead atoms. The molecule has 1 aliphatic heterocycles. The van der Waals surface area contributed by atoms with Crippen molar-refractivity contribution in [3.05, 3.63) is 60.4 Å². The van der Waals surface area contributed by atoms with E-state index >= 15 is 0 Å². The van der Waals surface area contributed by atoms with Crippen LogP contribution >= 0.6 is 0 Å². The van der Waals surface area contributed by atoms with Gasteiger partial charge in [-0.1, -0.05) is 6.92 Å². The van der Waals surface area contributed by atoms with Gasteiger partial charge in [-0.2, -0.15) is 10.2 Å². The van der Waals surface area contributed by atoms with Gasteiger partial charge in [0.05, 0.1) is 24.1 Å². The molecule has 5 heterocycles. The number of pyridine rings is 2. The van der Waals surface area contributed by atoms with Gasteiger partial charge in [0, 0.05) is 35.6 Å². The Hall–Kier alpha value is -3.09. The number of rotatable bonds is 3. The number of hydrogen-bond donors (Lipinski definition) is 0. The summed E-state index contributed by atoms with van der Waals surface area (Å²) in [6, 6.07) is 9.01. The lowest BCUT2D eigenvalue weighted by Crippen LogP contribution is -2.32. The van der Waals surface area contributed by atoms with Crippen LogP contribution in [-0.2, 0) is 13.0 Å². The molecule has 5 nitrogen and oxygen atoms in total. The van der Waals surface area contributed by atoms with Crippen LogP contribution in [0.15, 0.2) is 48.9 Å². The minimum atomic E-state index is -0.417. The zero-order chi connectivity index (χ0) is 19.3. The first-order valence-corrected chi connectivity index (χ1v) is 9.28. The molecule has 4 aromatic rings. The average molecular weight is 379 g/mol. The molecule has 7 heteroatoms. The van der Waals surface area contributed by atoms with Gasteiger partial charge in [-0.15, -0.1) is 0 Å². The quantitative estimate of drug-likeness (QED) is 0.533. The molecule has 0 unspecified atom stereocenters. The predicted molar refractivity (Wildman–Crippen MR) is 102 cm³/mol. The van der Waals surface area contributed by atoms with E-state index in [1.54, 1.807) is 16.8 Å². The summed E-state index contributed by atoms with van der Waals surface area (Å²) in [5.41, 5.74) is 4.90. The second kappa shape index (κ2) is 6.22. The Labute approximate surface area is 160 Å². The predicted octanol–water partition coefficient (Wildman–Crippen LogP) is 4.32. The minimum absolute atomic E-state index is 0.381. The molecule has 0 aromatic carbocycles. The van der Waals surface area contributed by atoms with Crippen molar-refractivity contribution >= 4 is 5.52 Å². The largest absolute Gasteiger partial charge is 0.268 e. The van der Waals surface area contributed by atoms with E-state index in [0.717, 1.165) is 35.2 Å². The Kier molecular flexibility index (Phi) is 3.79. The van der Waals surface area contributed by atoms with Gasteiger partial charge in [-0.25, -0.2) is 8.91 Å². The second-order valence-electron chi connectivity index (χ2n) is 7.75. The van der Waals surface area contributed by atoms with E-state index in [1.807, 2.05) is 29.9 Å². The van der Waals surface area contributed by atoms with Crippen LogP contribution in [-0.4, -0.2) is 31.1 Å². The lowest BCUT2D eigenvalue weighted by molar-refractivity contribution is 0.155. The van der Waals surface area contributed by atoms with E-state index in [2.05, 4.69) is 16.1 Å². The maximum atomic E-state index is 13.6. The first-order valence-electron chi connectivity index (χ1n) is 9.28. The van der Waals surface area contributed by atoms with Crippen LogP contribution in [0.25, 0.3) is 28.0 Å². The van der Waals surface area contributed by atoms with Gasteiger partial charge in [0.25, 0.3) is 0 Å². The van der Waals surface area contributed by atoms with E-state index in [4.69, 9.17) is 5.10 Å². The summed E-state index contributed by atoms with van der Waals surface area (Å²) in [6.45, 7) is 2.08. The second-order valence-corrected chi connectivity index (χ2v) is 7.75. The Morgan fingerprint density at radius 2 is 2.11 bits per heavy atom. The molecule has 0 N–H and O–H groups in total. The Bertz CT molecular complexity index is 1160. The topological polar surface area (TPSA) is 48.0 Å². The minimum Gasteiger partial charge on any atom is -0.268 e. The molecule has 142 valence electrons. The fourth-order valence-electron chi connectivity index (χ4n) is 3.93. The first-order chi connectivity index (χ1) is 13.6. The number of alkyl halides is 1. The summed E-state index contributed by atoms with van der Waals surface area (Å²) in [5.74, 6) is -0.389. The van der Waals surface area contributed by atoms with Gasteiger partial charge in [0.1, 0.15) is 11.5 Å². The van der Waals surface area contributed by atoms with Crippen molar-refractivity contribution in [2.24, 2.45) is 5.41 Å². The van der Waals surface area contributed by atoms with E-state index in [1.165, 1.54) is 12.3 Å². The number of nitrogens with zero attached hydrogens (tertiary/aromatic N) is 5. The maximum absolute atomic E-state index is 13.6. The highest BCUT2D eigenvalue weighted by atomic mass is 19.1. The zero-order valence-corrected chi connectivity index (χ0v) is 15.4. The highest BCUT2D eigenvalue weighted by Crippen LogP contribution is 2.40. The van der Waals surface area contributed by atoms with Crippen LogP contribution in [0.1, 0.15) is 19.0 Å². The Morgan fingerprint density at radius 3 is 2.89 bits per heavy atom. The maximum Gasteiger partial charge on any atom is 0.141 e. The lowest BCUT2D eigenvalue weighted by Gasteiger charge is -2.31. The molecular weight excluding hydrogens is 360 g/mol. The van der Waals surface area contributed by atoms with Crippen molar-refractivity contribution in [2.75, 3.05) is 6.67 Å². The summed E-state index contributed by atoms with van der Waals surface area (Å²) >= 11 is 0. The standard InChI is InChI=1S/C21H19F2N5/c1-21(12-22)7-4-18-19(14-6-9-27-16(10-14)5-8-25-27)20(26-28(18)13-21)17-3-2-15(23)11-24-17/h2-3,5-6,8-11H,4,7,12-13H2,1H3/t21-/m0/s1. The zero-order valence-electron chi connectivity index (χ0n) is 15.4. The number of aromatic nitrogens is 5. The highest BCUT2D eigenvalue weighted by molar-refractivity contribution is 5.83. The Balaban J connectivity index is 1.72. The third kappa shape index (κ3) is 2.69. The van der Waals surface area contributed by atoms with Crippen molar-refractivity contribution in [1.82, 2.24) is 24.4 Å². The van der Waals surface area contributed by atoms with Crippen molar-refractivity contribution in [2.45, 2.75) is 26.3 Å². The fourth-order valence-corrected chi connectivity index (χ4v) is 3.93. The first kappa shape index (κ1) is 17.0. The van der Waals surface area contributed by atoms with Crippen molar-refractivity contribution < 1.29 is 8.78 Å². The SMILES string of the molecule is C[C@@]1(CF)CCc2c(-c3ccn4nccc4c3)c(-c3ccc(F)cn3)nn2C1. The molecule has 0 spiro atoms. The Morgan fingerprint density at radius 1 is 1.21 bits per heavy atom. The third-order valence-corrected chi connectivity index (χ3v) is 5.54. The van der Waals surface area contributed by atoms with Crippen LogP contribution in [0.2, 0.25) is 0 Å². The van der Waals surface area contributed by atoms with Crippen LogP contribution in [0.4, 0.5) is 8.78 Å². The molecule has 4 aromatic heterocycles. The average Bonchev–Trinajstić information content (AvgIpc) is 3.31. The monoisotopic (exact) mass is 379 g/mol. The number of hydrogen-bond acceptors (Lipinski definition) is 3. The van der Waals surface area contributed by atoms with Crippen LogP contribution in [0, 0.1) is 11.2 Å². The van der Waals surface area contributed by atoms with Gasteiger partial charge >= 0.3 is 0 Å². The summed E-state index contributed by atoms with van der Waals surface area (Å²) in [4.78, 5) is 4.24. The molecule has 1 aliphatic rings. The fraction of sp³-hybridized carbons (Fsp3) is 0.286. The van der Waals surface area contributed by atoms with Crippen molar-refractivity contribution in [3.8, 4) is 22.5 Å². The normalized spacial score (nSPS) is 19.1. The molecule has 0 fully saturated rings. The van der Waals surface area contributed by atoms with E-state index in [9.17, 15) is 8.78 Å². The molecule has 0 radical (unpaired) electrons. The molecule has 0 amide bonds. The molecular formula is C21H19F2N5. The summed E-state index contributed by atoms with van der Waals surface area (Å²) in [7, 11) is 0. The summed E-state index contributed by atoms with van der Waals surface area (Å²) in [6.07, 6.45) is 6.35. The van der Waals surface area contributed by atoms with Crippen LogP contribution in [0.3, 0.4) is 0 Å². The van der Waals surface area contributed by atoms with Crippen molar-refractivity contribution in [1.29, 1.82) is 0 Å². The van der Waals surface area contributed by atoms with E-state index < -0.39 is 5.41 Å². The summed E-state index contributed by atoms with van der Waals surface area (Å²) < 4.78 is 30.7. The lowest BCUT2D eigenvalue weighted by atomic mass is 9.82. The van der Waals surface area contributed by atoms with E-state index in [-0.39, 0.29) is 12.5 Å². The number of halogens is 2. The van der Waals surface area contributed by atoms with E-state index in [0.29, 0.717) is 17.9 Å². The van der Waals surface area contributed by atoms with Crippen molar-refractivity contribution in [3.63, 3.8) is 0 Å². The van der Waals surface area contributed by atoms with Gasteiger partial charge < -0.3 is 0 Å². The molecule has 0 saturated heterocycles. The molecule has 5 rings (SSSR count). The van der Waals surface area contributed by atoms with Gasteiger partial charge in [-0.3, -0.25) is 14.1 Å². The molecule has 0 saturated carbocycles. The smallest absolute Gasteiger partial charge is 0.141 e. The molecule has 0 aliphatic carbocycles. The number of fused-ring (bicyclic) bond motifs is 2. The third-order valence-electron chi connectivity index (χ3n) is 5.54. The van der Waals surface area contributed by atoms with Crippen LogP contribution < -0.4 is 0 Å². The highest BCUT2D eigenvalue weighted by Gasteiger charge is 2.34. The van der Waals surface area contributed by atoms with Gasteiger partial charge in [0.2, 0.25) is 0 Å². The molecule has 28 heavy (non-hydrogen) atoms. The molecule has 1 atom stereocenters. The van der Waals surface area contributed by atoms with Gasteiger partial charge in [0.15, 0.2) is 0 Å². The van der Waals surface area contributed by atoms with Crippen LogP contribution in [0.5, 0.6) is 0 Å². The summed E-state index contributed by atoms with van der Waals surface area (Å²) in [5, 5.41) is 9.03.